The maximum absolute atomic E-state index is 11.5. The third kappa shape index (κ3) is 3.46. The number of nitrogens with one attached hydrogen (secondary N) is 1. The fraction of sp³-hybridized carbons (Fsp3) is 0.154. The van der Waals surface area contributed by atoms with Gasteiger partial charge < -0.3 is 11.1 Å². The van der Waals surface area contributed by atoms with Crippen molar-refractivity contribution >= 4 is 21.4 Å². The first-order chi connectivity index (χ1) is 9.36. The van der Waals surface area contributed by atoms with Crippen molar-refractivity contribution in [2.75, 3.05) is 11.1 Å². The van der Waals surface area contributed by atoms with Gasteiger partial charge >= 0.3 is 0 Å². The van der Waals surface area contributed by atoms with Crippen molar-refractivity contribution in [2.45, 2.75) is 18.4 Å². The Morgan fingerprint density at radius 3 is 2.60 bits per heavy atom. The first-order valence-corrected chi connectivity index (χ1v) is 7.48. The highest BCUT2D eigenvalue weighted by Gasteiger charge is 2.14. The van der Waals surface area contributed by atoms with Gasteiger partial charge in [0, 0.05) is 24.1 Å². The van der Waals surface area contributed by atoms with Gasteiger partial charge in [0.15, 0.2) is 0 Å². The lowest BCUT2D eigenvalue weighted by Crippen LogP contribution is -2.15. The number of rotatable bonds is 4. The summed E-state index contributed by atoms with van der Waals surface area (Å²) in [5.74, 6) is 0. The monoisotopic (exact) mass is 292 g/mol. The van der Waals surface area contributed by atoms with Crippen LogP contribution in [0.4, 0.5) is 11.4 Å². The van der Waals surface area contributed by atoms with Gasteiger partial charge in [-0.2, -0.15) is 0 Å². The van der Waals surface area contributed by atoms with Crippen molar-refractivity contribution in [3.05, 3.63) is 47.8 Å². The first kappa shape index (κ1) is 14.3. The van der Waals surface area contributed by atoms with Crippen LogP contribution in [0, 0.1) is 6.92 Å². The van der Waals surface area contributed by atoms with Gasteiger partial charge in [0.1, 0.15) is 4.90 Å². The largest absolute Gasteiger partial charge is 0.399 e. The molecule has 1 heterocycles. The molecule has 0 radical (unpaired) electrons. The number of sulfonamides is 1. The molecule has 2 rings (SSSR count). The summed E-state index contributed by atoms with van der Waals surface area (Å²) in [5, 5.41) is 8.21. The maximum Gasteiger partial charge on any atom is 0.240 e. The Kier molecular flexibility index (Phi) is 3.91. The summed E-state index contributed by atoms with van der Waals surface area (Å²) in [6.07, 6.45) is 1.73. The number of aryl methyl sites for hydroxylation is 1. The topological polar surface area (TPSA) is 111 Å². The molecule has 0 aliphatic carbocycles. The number of pyridine rings is 1. The Morgan fingerprint density at radius 2 is 2.00 bits per heavy atom. The standard InChI is InChI=1S/C13H16N4O2S/c1-9-2-3-10(7-16-9)8-17-12-5-4-11(14)6-13(12)20(15,18)19/h2-7,17H,8,14H2,1H3,(H2,15,18,19). The molecule has 0 spiro atoms. The van der Waals surface area contributed by atoms with Crippen LogP contribution in [0.3, 0.4) is 0 Å². The van der Waals surface area contributed by atoms with Gasteiger partial charge in [0.25, 0.3) is 0 Å². The van der Waals surface area contributed by atoms with Crippen molar-refractivity contribution in [1.29, 1.82) is 0 Å². The van der Waals surface area contributed by atoms with Crippen LogP contribution in [0.25, 0.3) is 0 Å². The van der Waals surface area contributed by atoms with Gasteiger partial charge in [-0.3, -0.25) is 4.98 Å². The predicted molar refractivity (Wildman–Crippen MR) is 78.5 cm³/mol. The van der Waals surface area contributed by atoms with E-state index in [9.17, 15) is 8.42 Å². The van der Waals surface area contributed by atoms with E-state index in [4.69, 9.17) is 10.9 Å². The highest BCUT2D eigenvalue weighted by Crippen LogP contribution is 2.23. The van der Waals surface area contributed by atoms with E-state index >= 15 is 0 Å². The molecule has 0 unspecified atom stereocenters. The minimum Gasteiger partial charge on any atom is -0.399 e. The van der Waals surface area contributed by atoms with E-state index in [1.807, 2.05) is 19.1 Å². The molecule has 7 heteroatoms. The van der Waals surface area contributed by atoms with Crippen LogP contribution < -0.4 is 16.2 Å². The van der Waals surface area contributed by atoms with Gasteiger partial charge in [0.2, 0.25) is 10.0 Å². The average molecular weight is 292 g/mol. The average Bonchev–Trinajstić information content (AvgIpc) is 2.38. The lowest BCUT2D eigenvalue weighted by molar-refractivity contribution is 0.598. The second kappa shape index (κ2) is 5.48. The molecule has 1 aromatic carbocycles. The van der Waals surface area contributed by atoms with E-state index in [-0.39, 0.29) is 4.90 Å². The third-order valence-electron chi connectivity index (χ3n) is 2.77. The number of nitrogens with two attached hydrogens (primary N) is 2. The third-order valence-corrected chi connectivity index (χ3v) is 3.72. The molecule has 20 heavy (non-hydrogen) atoms. The van der Waals surface area contributed by atoms with Crippen LogP contribution >= 0.6 is 0 Å². The summed E-state index contributed by atoms with van der Waals surface area (Å²) < 4.78 is 23.1. The predicted octanol–water partition coefficient (Wildman–Crippen LogP) is 1.23. The van der Waals surface area contributed by atoms with Gasteiger partial charge in [-0.05, 0) is 36.8 Å². The van der Waals surface area contributed by atoms with E-state index in [1.54, 1.807) is 18.3 Å². The molecule has 0 saturated heterocycles. The quantitative estimate of drug-likeness (QED) is 0.734. The van der Waals surface area contributed by atoms with Crippen LogP contribution in [0.1, 0.15) is 11.3 Å². The van der Waals surface area contributed by atoms with E-state index in [0.717, 1.165) is 11.3 Å². The SMILES string of the molecule is Cc1ccc(CNc2ccc(N)cc2S(N)(=O)=O)cn1. The highest BCUT2D eigenvalue weighted by atomic mass is 32.2. The fourth-order valence-corrected chi connectivity index (χ4v) is 2.47. The van der Waals surface area contributed by atoms with Crippen LogP contribution in [0.2, 0.25) is 0 Å². The number of benzene rings is 1. The molecular weight excluding hydrogens is 276 g/mol. The van der Waals surface area contributed by atoms with Crippen LogP contribution in [-0.4, -0.2) is 13.4 Å². The van der Waals surface area contributed by atoms with E-state index in [2.05, 4.69) is 10.3 Å². The zero-order chi connectivity index (χ0) is 14.8. The number of hydrogen-bond donors (Lipinski definition) is 3. The van der Waals surface area contributed by atoms with Gasteiger partial charge in [-0.15, -0.1) is 0 Å². The Hall–Kier alpha value is -2.12. The second-order valence-corrected chi connectivity index (χ2v) is 5.99. The molecule has 1 aromatic heterocycles. The summed E-state index contributed by atoms with van der Waals surface area (Å²) in [6.45, 7) is 2.34. The molecular formula is C13H16N4O2S. The van der Waals surface area contributed by atoms with Crippen molar-refractivity contribution < 1.29 is 8.42 Å². The lowest BCUT2D eigenvalue weighted by Gasteiger charge is -2.11. The van der Waals surface area contributed by atoms with E-state index in [0.29, 0.717) is 17.9 Å². The van der Waals surface area contributed by atoms with Crippen LogP contribution in [0.5, 0.6) is 0 Å². The number of nitrogens with zero attached hydrogens (tertiary/aromatic N) is 1. The Morgan fingerprint density at radius 1 is 1.25 bits per heavy atom. The molecule has 0 amide bonds. The molecule has 6 nitrogen and oxygen atoms in total. The minimum absolute atomic E-state index is 0.0161. The Labute approximate surface area is 117 Å². The summed E-state index contributed by atoms with van der Waals surface area (Å²) in [5.41, 5.74) is 8.21. The normalized spacial score (nSPS) is 11.3. The van der Waals surface area contributed by atoms with Crippen molar-refractivity contribution in [3.63, 3.8) is 0 Å². The smallest absolute Gasteiger partial charge is 0.240 e. The molecule has 0 aliphatic heterocycles. The second-order valence-electron chi connectivity index (χ2n) is 4.46. The summed E-state index contributed by atoms with van der Waals surface area (Å²) in [6, 6.07) is 8.36. The van der Waals surface area contributed by atoms with Crippen molar-refractivity contribution in [2.24, 2.45) is 5.14 Å². The highest BCUT2D eigenvalue weighted by molar-refractivity contribution is 7.89. The van der Waals surface area contributed by atoms with Crippen LogP contribution in [-0.2, 0) is 16.6 Å². The zero-order valence-corrected chi connectivity index (χ0v) is 11.8. The number of primary sulfonamides is 1. The number of nitrogen functional groups attached to an aromatic ring is 1. The zero-order valence-electron chi connectivity index (χ0n) is 11.0. The van der Waals surface area contributed by atoms with Gasteiger partial charge in [0.05, 0.1) is 5.69 Å². The van der Waals surface area contributed by atoms with E-state index in [1.165, 1.54) is 6.07 Å². The molecule has 0 aliphatic rings. The molecule has 0 saturated carbocycles. The maximum atomic E-state index is 11.5. The molecule has 0 atom stereocenters. The summed E-state index contributed by atoms with van der Waals surface area (Å²) in [7, 11) is -3.83. The van der Waals surface area contributed by atoms with Gasteiger partial charge in [-0.1, -0.05) is 6.07 Å². The van der Waals surface area contributed by atoms with Crippen molar-refractivity contribution in [1.82, 2.24) is 4.98 Å². The Balaban J connectivity index is 2.23. The molecule has 5 N–H and O–H groups in total. The summed E-state index contributed by atoms with van der Waals surface area (Å²) >= 11 is 0. The molecule has 106 valence electrons. The molecule has 2 aromatic rings. The molecule has 0 bridgehead atoms. The first-order valence-electron chi connectivity index (χ1n) is 5.94. The molecule has 0 fully saturated rings. The van der Waals surface area contributed by atoms with E-state index < -0.39 is 10.0 Å². The van der Waals surface area contributed by atoms with Crippen LogP contribution in [0.15, 0.2) is 41.4 Å². The number of anilines is 2. The van der Waals surface area contributed by atoms with Crippen molar-refractivity contribution in [3.8, 4) is 0 Å². The Bertz CT molecular complexity index is 712. The summed E-state index contributed by atoms with van der Waals surface area (Å²) in [4.78, 5) is 4.16. The number of aromatic nitrogens is 1. The fourth-order valence-electron chi connectivity index (χ4n) is 1.72. The number of hydrogen-bond acceptors (Lipinski definition) is 5. The minimum atomic E-state index is -3.83. The lowest BCUT2D eigenvalue weighted by atomic mass is 10.2. The van der Waals surface area contributed by atoms with Gasteiger partial charge in [-0.25, -0.2) is 13.6 Å².